The monoisotopic (exact) mass is 185 g/mol. The summed E-state index contributed by atoms with van der Waals surface area (Å²) in [6.07, 6.45) is 1.18. The van der Waals surface area contributed by atoms with Crippen molar-refractivity contribution >= 4 is 11.9 Å². The lowest BCUT2D eigenvalue weighted by Gasteiger charge is -2.17. The van der Waals surface area contributed by atoms with Crippen LogP contribution in [0.1, 0.15) is 6.42 Å². The van der Waals surface area contributed by atoms with Crippen LogP contribution in [0.4, 0.5) is 0 Å². The van der Waals surface area contributed by atoms with Gasteiger partial charge in [-0.05, 0) is 6.08 Å². The number of carboxylic acids is 1. The van der Waals surface area contributed by atoms with Crippen molar-refractivity contribution in [3.63, 3.8) is 0 Å². The third-order valence-corrected chi connectivity index (χ3v) is 2.13. The Labute approximate surface area is 75.3 Å². The third kappa shape index (κ3) is 1.70. The van der Waals surface area contributed by atoms with E-state index in [0.717, 1.165) is 6.08 Å². The number of carbonyl (C=O) groups is 2. The number of amides is 1. The van der Waals surface area contributed by atoms with Crippen LogP contribution in [0.3, 0.4) is 0 Å². The summed E-state index contributed by atoms with van der Waals surface area (Å²) in [5.74, 6) is -1.64. The molecular formula is C8H11NO4. The maximum atomic E-state index is 11.0. The number of nitrogens with zero attached hydrogens (tertiary/aromatic N) is 1. The number of likely N-dealkylation sites (tertiary alicyclic amines) is 1. The van der Waals surface area contributed by atoms with Crippen molar-refractivity contribution in [3.05, 3.63) is 12.7 Å². The fourth-order valence-electron chi connectivity index (χ4n) is 1.29. The first-order valence-corrected chi connectivity index (χ1v) is 3.87. The molecule has 1 heterocycles. The minimum Gasteiger partial charge on any atom is -0.479 e. The van der Waals surface area contributed by atoms with Crippen molar-refractivity contribution < 1.29 is 19.8 Å². The van der Waals surface area contributed by atoms with Crippen LogP contribution in [0.25, 0.3) is 0 Å². The molecule has 0 spiro atoms. The molecule has 1 atom stereocenters. The Bertz CT molecular complexity index is 263. The molecule has 0 bridgehead atoms. The van der Waals surface area contributed by atoms with Gasteiger partial charge in [0, 0.05) is 13.0 Å². The van der Waals surface area contributed by atoms with E-state index in [0.29, 0.717) is 0 Å². The average Bonchev–Trinajstić information content (AvgIpc) is 2.48. The first-order chi connectivity index (χ1) is 5.99. The molecule has 2 N–H and O–H groups in total. The Kier molecular flexibility index (Phi) is 2.38. The van der Waals surface area contributed by atoms with E-state index in [1.807, 2.05) is 0 Å². The van der Waals surface area contributed by atoms with Gasteiger partial charge < -0.3 is 15.1 Å². The predicted octanol–water partition coefficient (Wildman–Crippen LogP) is -0.780. The second kappa shape index (κ2) is 3.18. The summed E-state index contributed by atoms with van der Waals surface area (Å²) < 4.78 is 0. The lowest BCUT2D eigenvalue weighted by Crippen LogP contribution is -2.42. The van der Waals surface area contributed by atoms with E-state index in [1.165, 1.54) is 4.90 Å². The molecule has 1 aliphatic rings. The lowest BCUT2D eigenvalue weighted by atomic mass is 10.0. The van der Waals surface area contributed by atoms with Crippen molar-refractivity contribution in [2.75, 3.05) is 13.1 Å². The molecule has 0 aromatic rings. The predicted molar refractivity (Wildman–Crippen MR) is 44.0 cm³/mol. The highest BCUT2D eigenvalue weighted by atomic mass is 16.4. The van der Waals surface area contributed by atoms with E-state index in [4.69, 9.17) is 5.11 Å². The topological polar surface area (TPSA) is 77.8 Å². The highest BCUT2D eigenvalue weighted by Crippen LogP contribution is 2.21. The van der Waals surface area contributed by atoms with Crippen LogP contribution in [-0.2, 0) is 9.59 Å². The van der Waals surface area contributed by atoms with Crippen molar-refractivity contribution in [2.24, 2.45) is 0 Å². The molecule has 0 radical (unpaired) electrons. The summed E-state index contributed by atoms with van der Waals surface area (Å²) in [6.45, 7) is 3.38. The minimum atomic E-state index is -1.78. The number of carbonyl (C=O) groups excluding carboxylic acids is 1. The van der Waals surface area contributed by atoms with Crippen LogP contribution in [-0.4, -0.2) is 45.7 Å². The molecule has 1 amide bonds. The van der Waals surface area contributed by atoms with Crippen LogP contribution < -0.4 is 0 Å². The number of β-amino-alcohol motifs (C(OH)–C–C–N with tert-alkyl or cyclic N) is 1. The fourth-order valence-corrected chi connectivity index (χ4v) is 1.29. The quantitative estimate of drug-likeness (QED) is 0.553. The van der Waals surface area contributed by atoms with Crippen molar-refractivity contribution in [1.82, 2.24) is 4.90 Å². The van der Waals surface area contributed by atoms with Gasteiger partial charge in [0.2, 0.25) is 5.91 Å². The molecule has 1 fully saturated rings. The van der Waals surface area contributed by atoms with Crippen LogP contribution in [0.2, 0.25) is 0 Å². The number of rotatable bonds is 2. The van der Waals surface area contributed by atoms with Gasteiger partial charge in [0.25, 0.3) is 0 Å². The minimum absolute atomic E-state index is 0.0713. The smallest absolute Gasteiger partial charge is 0.337 e. The second-order valence-corrected chi connectivity index (χ2v) is 3.05. The van der Waals surface area contributed by atoms with Gasteiger partial charge in [-0.3, -0.25) is 4.79 Å². The van der Waals surface area contributed by atoms with Gasteiger partial charge in [-0.15, -0.1) is 0 Å². The molecule has 1 rings (SSSR count). The summed E-state index contributed by atoms with van der Waals surface area (Å²) in [5, 5.41) is 18.1. The summed E-state index contributed by atoms with van der Waals surface area (Å²) in [5.41, 5.74) is -1.78. The maximum Gasteiger partial charge on any atom is 0.337 e. The number of aliphatic carboxylic acids is 1. The number of aliphatic hydroxyl groups is 1. The zero-order valence-corrected chi connectivity index (χ0v) is 7.06. The molecule has 1 aliphatic heterocycles. The summed E-state index contributed by atoms with van der Waals surface area (Å²) in [6, 6.07) is 0. The van der Waals surface area contributed by atoms with Crippen LogP contribution in [0, 0.1) is 0 Å². The molecule has 5 nitrogen and oxygen atoms in total. The van der Waals surface area contributed by atoms with Crippen molar-refractivity contribution in [3.8, 4) is 0 Å². The molecule has 1 unspecified atom stereocenters. The Morgan fingerprint density at radius 1 is 1.54 bits per heavy atom. The fraction of sp³-hybridized carbons (Fsp3) is 0.500. The van der Waals surface area contributed by atoms with Gasteiger partial charge in [0.1, 0.15) is 0 Å². The number of hydrogen-bond donors (Lipinski definition) is 2. The lowest BCUT2D eigenvalue weighted by molar-refractivity contribution is -0.157. The van der Waals surface area contributed by atoms with Gasteiger partial charge in [-0.1, -0.05) is 6.58 Å². The number of carboxylic acid groups (broad SMARTS) is 1. The normalized spacial score (nSPS) is 27.3. The standard InChI is InChI=1S/C8H11NO4/c1-2-6(10)9-4-3-8(13,5-9)7(11)12/h2,13H,1,3-5H2,(H,11,12). The summed E-state index contributed by atoms with van der Waals surface area (Å²) in [7, 11) is 0. The van der Waals surface area contributed by atoms with Gasteiger partial charge in [0.15, 0.2) is 5.60 Å². The molecule has 5 heteroatoms. The Morgan fingerprint density at radius 2 is 2.15 bits per heavy atom. The Balaban J connectivity index is 2.68. The largest absolute Gasteiger partial charge is 0.479 e. The second-order valence-electron chi connectivity index (χ2n) is 3.05. The maximum absolute atomic E-state index is 11.0. The van der Waals surface area contributed by atoms with Crippen LogP contribution >= 0.6 is 0 Å². The Hall–Kier alpha value is -1.36. The van der Waals surface area contributed by atoms with Gasteiger partial charge in [-0.2, -0.15) is 0 Å². The highest BCUT2D eigenvalue weighted by Gasteiger charge is 2.43. The Morgan fingerprint density at radius 3 is 2.54 bits per heavy atom. The van der Waals surface area contributed by atoms with Crippen LogP contribution in [0.5, 0.6) is 0 Å². The summed E-state index contributed by atoms with van der Waals surface area (Å²) in [4.78, 5) is 22.9. The van der Waals surface area contributed by atoms with Crippen molar-refractivity contribution in [1.29, 1.82) is 0 Å². The van der Waals surface area contributed by atoms with E-state index in [2.05, 4.69) is 6.58 Å². The number of hydrogen-bond acceptors (Lipinski definition) is 3. The zero-order chi connectivity index (χ0) is 10.1. The van der Waals surface area contributed by atoms with E-state index < -0.39 is 11.6 Å². The van der Waals surface area contributed by atoms with Gasteiger partial charge in [-0.25, -0.2) is 4.79 Å². The van der Waals surface area contributed by atoms with Gasteiger partial charge >= 0.3 is 5.97 Å². The molecule has 0 aliphatic carbocycles. The SMILES string of the molecule is C=CC(=O)N1CCC(O)(C(=O)O)C1. The molecule has 0 aromatic carbocycles. The van der Waals surface area contributed by atoms with Crippen molar-refractivity contribution in [2.45, 2.75) is 12.0 Å². The first kappa shape index (κ1) is 9.73. The zero-order valence-electron chi connectivity index (χ0n) is 7.06. The van der Waals surface area contributed by atoms with E-state index in [9.17, 15) is 14.7 Å². The van der Waals surface area contributed by atoms with Crippen LogP contribution in [0.15, 0.2) is 12.7 Å². The molecular weight excluding hydrogens is 174 g/mol. The first-order valence-electron chi connectivity index (χ1n) is 3.87. The molecule has 0 aromatic heterocycles. The van der Waals surface area contributed by atoms with E-state index in [-0.39, 0.29) is 25.4 Å². The van der Waals surface area contributed by atoms with E-state index in [1.54, 1.807) is 0 Å². The third-order valence-electron chi connectivity index (χ3n) is 2.13. The van der Waals surface area contributed by atoms with E-state index >= 15 is 0 Å². The molecule has 13 heavy (non-hydrogen) atoms. The summed E-state index contributed by atoms with van der Waals surface area (Å²) >= 11 is 0. The average molecular weight is 185 g/mol. The highest BCUT2D eigenvalue weighted by molar-refractivity contribution is 5.88. The molecule has 0 saturated carbocycles. The molecule has 1 saturated heterocycles. The molecule has 72 valence electrons. The van der Waals surface area contributed by atoms with Gasteiger partial charge in [0.05, 0.1) is 6.54 Å².